The Hall–Kier alpha value is -0.290. The monoisotopic (exact) mass is 455 g/mol. The van der Waals surface area contributed by atoms with Crippen molar-refractivity contribution < 1.29 is 33.2 Å². The van der Waals surface area contributed by atoms with Crippen LogP contribution < -0.4 is 28.7 Å². The highest BCUT2D eigenvalue weighted by Gasteiger charge is 2.58. The number of nitrogens with zero attached hydrogens (tertiary/aromatic N) is 1. The van der Waals surface area contributed by atoms with Gasteiger partial charge in [0, 0.05) is 24.2 Å². The molecule has 3 aliphatic rings. The average molecular weight is 455 g/mol. The molecule has 1 saturated carbocycles. The molecule has 2 nitrogen and oxygen atoms in total. The Morgan fingerprint density at radius 3 is 2.84 bits per heavy atom. The summed E-state index contributed by atoms with van der Waals surface area (Å²) in [5, 5.41) is 0. The number of fused-ring (bicyclic) bond motifs is 1. The molecule has 4 atom stereocenters. The normalized spacial score (nSPS) is 36.0. The SMILES string of the molecule is CCCC[N+]1(C)CC[C@@]23CCCC[C@@H]2[C@@H]1Cc1ccc(OC)cc13.[I-]. The Kier molecular flexibility index (Phi) is 5.75. The summed E-state index contributed by atoms with van der Waals surface area (Å²) in [6, 6.07) is 7.80. The van der Waals surface area contributed by atoms with Crippen molar-refractivity contribution in [3.05, 3.63) is 29.3 Å². The van der Waals surface area contributed by atoms with Crippen molar-refractivity contribution in [1.82, 2.24) is 0 Å². The smallest absolute Gasteiger partial charge is 0.119 e. The number of hydrogen-bond acceptors (Lipinski definition) is 1. The third kappa shape index (κ3) is 3.03. The van der Waals surface area contributed by atoms with Gasteiger partial charge in [-0.3, -0.25) is 0 Å². The predicted molar refractivity (Wildman–Crippen MR) is 99.6 cm³/mol. The average Bonchev–Trinajstić information content (AvgIpc) is 2.63. The molecular formula is C22H34INO. The standard InChI is InChI=1S/C22H34NO.HI/c1-4-5-13-23(2)14-12-22-11-7-6-8-19(22)21(23)15-17-9-10-18(24-3)16-20(17)22;/h9-10,16,19,21H,4-8,11-15H2,1-3H3;1H/q+1;/p-1/t19-,21+,22+,23?;/m1./s1. The molecule has 2 fully saturated rings. The molecule has 0 spiro atoms. The second-order valence-corrected chi connectivity index (χ2v) is 8.83. The fraction of sp³-hybridized carbons (Fsp3) is 0.727. The molecule has 0 radical (unpaired) electrons. The maximum absolute atomic E-state index is 5.58. The zero-order valence-electron chi connectivity index (χ0n) is 16.2. The number of hydrogen-bond donors (Lipinski definition) is 0. The van der Waals surface area contributed by atoms with Gasteiger partial charge in [-0.1, -0.05) is 32.3 Å². The highest BCUT2D eigenvalue weighted by atomic mass is 127. The van der Waals surface area contributed by atoms with E-state index in [4.69, 9.17) is 4.74 Å². The van der Waals surface area contributed by atoms with Crippen molar-refractivity contribution in [2.24, 2.45) is 5.92 Å². The Bertz CT molecular complexity index is 618. The molecule has 0 amide bonds. The summed E-state index contributed by atoms with van der Waals surface area (Å²) in [6.45, 7) is 5.08. The summed E-state index contributed by atoms with van der Waals surface area (Å²) in [5.74, 6) is 1.95. The molecule has 1 saturated heterocycles. The number of ether oxygens (including phenoxy) is 1. The zero-order valence-corrected chi connectivity index (χ0v) is 18.3. The first-order valence-electron chi connectivity index (χ1n) is 10.1. The van der Waals surface area contributed by atoms with Gasteiger partial charge in [0.1, 0.15) is 5.75 Å². The molecule has 1 aromatic rings. The van der Waals surface area contributed by atoms with Gasteiger partial charge in [-0.15, -0.1) is 0 Å². The van der Waals surface area contributed by atoms with E-state index in [9.17, 15) is 0 Å². The van der Waals surface area contributed by atoms with E-state index in [1.807, 2.05) is 7.11 Å². The zero-order chi connectivity index (χ0) is 16.8. The van der Waals surface area contributed by atoms with E-state index < -0.39 is 0 Å². The van der Waals surface area contributed by atoms with Crippen LogP contribution in [0.1, 0.15) is 63.0 Å². The first-order valence-corrected chi connectivity index (χ1v) is 10.1. The minimum atomic E-state index is 0. The Morgan fingerprint density at radius 2 is 2.08 bits per heavy atom. The number of piperidine rings is 1. The lowest BCUT2D eigenvalue weighted by atomic mass is 9.52. The molecular weight excluding hydrogens is 421 g/mol. The second-order valence-electron chi connectivity index (χ2n) is 8.83. The van der Waals surface area contributed by atoms with Crippen LogP contribution in [-0.4, -0.2) is 37.8 Å². The molecule has 4 rings (SSSR count). The van der Waals surface area contributed by atoms with Gasteiger partial charge in [0.2, 0.25) is 0 Å². The Labute approximate surface area is 170 Å². The van der Waals surface area contributed by atoms with Crippen LogP contribution in [0.4, 0.5) is 0 Å². The highest BCUT2D eigenvalue weighted by Crippen LogP contribution is 2.57. The maximum atomic E-state index is 5.58. The minimum absolute atomic E-state index is 0. The van der Waals surface area contributed by atoms with E-state index in [-0.39, 0.29) is 24.0 Å². The number of likely N-dealkylation sites (N-methyl/N-ethyl adjacent to an activating group) is 1. The molecule has 0 aromatic heterocycles. The molecule has 1 aromatic carbocycles. The van der Waals surface area contributed by atoms with E-state index in [0.717, 1.165) is 17.7 Å². The molecule has 1 unspecified atom stereocenters. The largest absolute Gasteiger partial charge is 1.00 e. The van der Waals surface area contributed by atoms with E-state index in [0.29, 0.717) is 5.41 Å². The van der Waals surface area contributed by atoms with Crippen LogP contribution >= 0.6 is 0 Å². The van der Waals surface area contributed by atoms with Gasteiger partial charge < -0.3 is 33.2 Å². The molecule has 0 N–H and O–H groups in total. The summed E-state index contributed by atoms with van der Waals surface area (Å²) >= 11 is 0. The number of rotatable bonds is 4. The van der Waals surface area contributed by atoms with Crippen LogP contribution in [0.3, 0.4) is 0 Å². The predicted octanol–water partition coefficient (Wildman–Crippen LogP) is 1.70. The topological polar surface area (TPSA) is 9.23 Å². The van der Waals surface area contributed by atoms with Crippen molar-refractivity contribution in [1.29, 1.82) is 0 Å². The lowest BCUT2D eigenvalue weighted by Gasteiger charge is -2.61. The molecule has 140 valence electrons. The summed E-state index contributed by atoms with van der Waals surface area (Å²) in [4.78, 5) is 0. The fourth-order valence-corrected chi connectivity index (χ4v) is 6.37. The first-order chi connectivity index (χ1) is 11.6. The van der Waals surface area contributed by atoms with Crippen molar-refractivity contribution in [3.63, 3.8) is 0 Å². The fourth-order valence-electron chi connectivity index (χ4n) is 6.37. The molecule has 2 aliphatic carbocycles. The van der Waals surface area contributed by atoms with Crippen LogP contribution in [0, 0.1) is 5.92 Å². The van der Waals surface area contributed by atoms with Gasteiger partial charge in [0.25, 0.3) is 0 Å². The summed E-state index contributed by atoms with van der Waals surface area (Å²) in [5.41, 5.74) is 3.73. The highest BCUT2D eigenvalue weighted by molar-refractivity contribution is 5.45. The van der Waals surface area contributed by atoms with E-state index >= 15 is 0 Å². The minimum Gasteiger partial charge on any atom is -1.00 e. The lowest BCUT2D eigenvalue weighted by Crippen LogP contribution is -3.00. The lowest BCUT2D eigenvalue weighted by molar-refractivity contribution is -0.945. The number of quaternary nitrogens is 1. The van der Waals surface area contributed by atoms with Gasteiger partial charge in [0.05, 0.1) is 33.3 Å². The van der Waals surface area contributed by atoms with Crippen molar-refractivity contribution in [2.45, 2.75) is 69.7 Å². The van der Waals surface area contributed by atoms with Crippen LogP contribution in [-0.2, 0) is 11.8 Å². The van der Waals surface area contributed by atoms with E-state index in [1.54, 1.807) is 11.1 Å². The van der Waals surface area contributed by atoms with E-state index in [2.05, 4.69) is 32.2 Å². The first kappa shape index (κ1) is 19.5. The number of likely N-dealkylation sites (tertiary alicyclic amines) is 1. The second kappa shape index (κ2) is 7.38. The van der Waals surface area contributed by atoms with Crippen LogP contribution in [0.15, 0.2) is 18.2 Å². The molecule has 1 aliphatic heterocycles. The van der Waals surface area contributed by atoms with E-state index in [1.165, 1.54) is 68.9 Å². The molecule has 1 heterocycles. The van der Waals surface area contributed by atoms with Crippen LogP contribution in [0.2, 0.25) is 0 Å². The van der Waals surface area contributed by atoms with Gasteiger partial charge in [-0.05, 0) is 42.5 Å². The van der Waals surface area contributed by atoms with Gasteiger partial charge in [-0.25, -0.2) is 0 Å². The van der Waals surface area contributed by atoms with Gasteiger partial charge in [-0.2, -0.15) is 0 Å². The summed E-state index contributed by atoms with van der Waals surface area (Å²) in [6.07, 6.45) is 11.1. The molecule has 25 heavy (non-hydrogen) atoms. The molecule has 3 heteroatoms. The van der Waals surface area contributed by atoms with Crippen molar-refractivity contribution in [2.75, 3.05) is 27.2 Å². The third-order valence-corrected chi connectivity index (χ3v) is 7.74. The Balaban J connectivity index is 0.00000182. The maximum Gasteiger partial charge on any atom is 0.119 e. The number of benzene rings is 1. The quantitative estimate of drug-likeness (QED) is 0.496. The van der Waals surface area contributed by atoms with Crippen LogP contribution in [0.25, 0.3) is 0 Å². The Morgan fingerprint density at radius 1 is 1.24 bits per heavy atom. The number of methoxy groups -OCH3 is 1. The number of unbranched alkanes of at least 4 members (excludes halogenated alkanes) is 1. The third-order valence-electron chi connectivity index (χ3n) is 7.74. The van der Waals surface area contributed by atoms with Crippen molar-refractivity contribution in [3.8, 4) is 5.75 Å². The van der Waals surface area contributed by atoms with Crippen molar-refractivity contribution >= 4 is 0 Å². The number of halogens is 1. The summed E-state index contributed by atoms with van der Waals surface area (Å²) in [7, 11) is 4.37. The van der Waals surface area contributed by atoms with Gasteiger partial charge in [0.15, 0.2) is 0 Å². The molecule has 2 bridgehead atoms. The van der Waals surface area contributed by atoms with Gasteiger partial charge >= 0.3 is 0 Å². The van der Waals surface area contributed by atoms with Crippen LogP contribution in [0.5, 0.6) is 5.75 Å². The summed E-state index contributed by atoms with van der Waals surface area (Å²) < 4.78 is 6.91.